The van der Waals surface area contributed by atoms with Gasteiger partial charge in [-0.3, -0.25) is 9.59 Å². The van der Waals surface area contributed by atoms with Gasteiger partial charge in [0.25, 0.3) is 5.91 Å². The molecule has 0 saturated carbocycles. The molecule has 21 heavy (non-hydrogen) atoms. The molecule has 3 N–H and O–H groups in total. The van der Waals surface area contributed by atoms with E-state index in [0.29, 0.717) is 22.8 Å². The summed E-state index contributed by atoms with van der Waals surface area (Å²) in [6.07, 6.45) is 1.54. The van der Waals surface area contributed by atoms with E-state index in [-0.39, 0.29) is 17.7 Å². The molecule has 2 amide bonds. The van der Waals surface area contributed by atoms with E-state index >= 15 is 0 Å². The van der Waals surface area contributed by atoms with Crippen molar-refractivity contribution >= 4 is 29.1 Å². The lowest BCUT2D eigenvalue weighted by Crippen LogP contribution is -2.23. The lowest BCUT2D eigenvalue weighted by Gasteiger charge is -2.15. The van der Waals surface area contributed by atoms with Crippen molar-refractivity contribution in [2.24, 2.45) is 11.7 Å². The average molecular weight is 312 g/mol. The molecule has 1 aromatic carbocycles. The van der Waals surface area contributed by atoms with E-state index in [1.54, 1.807) is 32.3 Å². The topological polar surface area (TPSA) is 75.4 Å². The molecule has 5 nitrogen and oxygen atoms in total. The van der Waals surface area contributed by atoms with E-state index in [1.807, 2.05) is 6.92 Å². The first-order chi connectivity index (χ1) is 9.86. The molecule has 0 saturated heterocycles. The fraction of sp³-hybridized carbons (Fsp3) is 0.467. The van der Waals surface area contributed by atoms with Gasteiger partial charge in [0.15, 0.2) is 0 Å². The summed E-state index contributed by atoms with van der Waals surface area (Å²) >= 11 is 6.03. The van der Waals surface area contributed by atoms with Crippen molar-refractivity contribution in [1.29, 1.82) is 0 Å². The largest absolute Gasteiger partial charge is 0.345 e. The number of benzene rings is 1. The van der Waals surface area contributed by atoms with Gasteiger partial charge in [0.1, 0.15) is 0 Å². The van der Waals surface area contributed by atoms with Crippen LogP contribution in [0.25, 0.3) is 0 Å². The molecule has 0 radical (unpaired) electrons. The molecule has 0 aromatic heterocycles. The van der Waals surface area contributed by atoms with Gasteiger partial charge < -0.3 is 16.0 Å². The molecule has 1 rings (SSSR count). The zero-order valence-electron chi connectivity index (χ0n) is 12.6. The van der Waals surface area contributed by atoms with Crippen molar-refractivity contribution in [3.8, 4) is 0 Å². The Balaban J connectivity index is 2.83. The number of nitrogens with zero attached hydrogens (tertiary/aromatic N) is 1. The third kappa shape index (κ3) is 5.02. The minimum Gasteiger partial charge on any atom is -0.345 e. The highest BCUT2D eigenvalue weighted by atomic mass is 35.5. The van der Waals surface area contributed by atoms with Crippen LogP contribution in [0.2, 0.25) is 5.02 Å². The molecule has 0 heterocycles. The van der Waals surface area contributed by atoms with E-state index < -0.39 is 0 Å². The van der Waals surface area contributed by atoms with Crippen molar-refractivity contribution in [3.63, 3.8) is 0 Å². The molecule has 1 aromatic rings. The summed E-state index contributed by atoms with van der Waals surface area (Å²) in [5.74, 6) is -0.418. The van der Waals surface area contributed by atoms with E-state index in [4.69, 9.17) is 17.3 Å². The van der Waals surface area contributed by atoms with Crippen LogP contribution in [-0.2, 0) is 4.79 Å². The van der Waals surface area contributed by atoms with Gasteiger partial charge in [0.05, 0.1) is 10.6 Å². The Bertz CT molecular complexity index is 518. The third-order valence-electron chi connectivity index (χ3n) is 3.16. The van der Waals surface area contributed by atoms with Gasteiger partial charge in [-0.15, -0.1) is 0 Å². The number of carbonyl (C=O) groups excluding carboxylic acids is 2. The second-order valence-electron chi connectivity index (χ2n) is 5.22. The van der Waals surface area contributed by atoms with E-state index in [1.165, 1.54) is 4.90 Å². The van der Waals surface area contributed by atoms with E-state index in [9.17, 15) is 9.59 Å². The maximum absolute atomic E-state index is 12.0. The summed E-state index contributed by atoms with van der Waals surface area (Å²) < 4.78 is 0. The zero-order chi connectivity index (χ0) is 16.0. The van der Waals surface area contributed by atoms with Crippen LogP contribution < -0.4 is 11.1 Å². The van der Waals surface area contributed by atoms with Gasteiger partial charge in [-0.1, -0.05) is 18.5 Å². The Labute approximate surface area is 130 Å². The van der Waals surface area contributed by atoms with Crippen LogP contribution in [0.15, 0.2) is 18.2 Å². The standard InChI is InChI=1S/C15H22ClN3O2/c1-10(5-4-8-17)14(20)18-11-6-7-13(16)12(9-11)15(21)19(2)3/h6-7,9-10H,4-5,8,17H2,1-3H3,(H,18,20). The molecular formula is C15H22ClN3O2. The molecule has 0 aliphatic carbocycles. The Morgan fingerprint density at radius 2 is 2.05 bits per heavy atom. The van der Waals surface area contributed by atoms with Crippen LogP contribution in [0.1, 0.15) is 30.1 Å². The fourth-order valence-electron chi connectivity index (χ4n) is 1.83. The highest BCUT2D eigenvalue weighted by Gasteiger charge is 2.16. The first-order valence-corrected chi connectivity index (χ1v) is 7.26. The zero-order valence-corrected chi connectivity index (χ0v) is 13.4. The minimum absolute atomic E-state index is 0.0889. The number of nitrogens with two attached hydrogens (primary N) is 1. The Hall–Kier alpha value is -1.59. The molecule has 1 unspecified atom stereocenters. The summed E-state index contributed by atoms with van der Waals surface area (Å²) in [6.45, 7) is 2.42. The van der Waals surface area contributed by atoms with Crippen molar-refractivity contribution in [2.75, 3.05) is 26.0 Å². The van der Waals surface area contributed by atoms with Crippen LogP contribution >= 0.6 is 11.6 Å². The summed E-state index contributed by atoms with van der Waals surface area (Å²) in [5.41, 5.74) is 6.37. The second-order valence-corrected chi connectivity index (χ2v) is 5.62. The van der Waals surface area contributed by atoms with E-state index in [2.05, 4.69) is 5.32 Å². The highest BCUT2D eigenvalue weighted by Crippen LogP contribution is 2.22. The SMILES string of the molecule is CC(CCCN)C(=O)Nc1ccc(Cl)c(C(=O)N(C)C)c1. The molecule has 0 aliphatic rings. The van der Waals surface area contributed by atoms with Gasteiger partial charge in [-0.05, 0) is 37.6 Å². The molecular weight excluding hydrogens is 290 g/mol. The Kier molecular flexibility index (Phi) is 6.65. The summed E-state index contributed by atoms with van der Waals surface area (Å²) in [4.78, 5) is 25.5. The Morgan fingerprint density at radius 3 is 2.62 bits per heavy atom. The maximum atomic E-state index is 12.0. The van der Waals surface area contributed by atoms with Crippen molar-refractivity contribution in [3.05, 3.63) is 28.8 Å². The van der Waals surface area contributed by atoms with Crippen molar-refractivity contribution < 1.29 is 9.59 Å². The van der Waals surface area contributed by atoms with Crippen LogP contribution in [0, 0.1) is 5.92 Å². The van der Waals surface area contributed by atoms with Crippen molar-refractivity contribution in [1.82, 2.24) is 4.90 Å². The number of hydrogen-bond donors (Lipinski definition) is 2. The molecule has 116 valence electrons. The number of anilines is 1. The van der Waals surface area contributed by atoms with Gasteiger partial charge in [-0.2, -0.15) is 0 Å². The first-order valence-electron chi connectivity index (χ1n) is 6.89. The summed E-state index contributed by atoms with van der Waals surface area (Å²) in [6, 6.07) is 4.89. The number of hydrogen-bond acceptors (Lipinski definition) is 3. The average Bonchev–Trinajstić information content (AvgIpc) is 2.45. The van der Waals surface area contributed by atoms with Crippen LogP contribution in [0.5, 0.6) is 0 Å². The van der Waals surface area contributed by atoms with Crippen LogP contribution in [0.4, 0.5) is 5.69 Å². The van der Waals surface area contributed by atoms with Gasteiger partial charge >= 0.3 is 0 Å². The van der Waals surface area contributed by atoms with Crippen LogP contribution in [-0.4, -0.2) is 37.4 Å². The van der Waals surface area contributed by atoms with Gasteiger partial charge in [0.2, 0.25) is 5.91 Å². The highest BCUT2D eigenvalue weighted by molar-refractivity contribution is 6.34. The summed E-state index contributed by atoms with van der Waals surface area (Å²) in [7, 11) is 3.30. The lowest BCUT2D eigenvalue weighted by molar-refractivity contribution is -0.119. The predicted octanol–water partition coefficient (Wildman–Crippen LogP) is 2.36. The molecule has 6 heteroatoms. The number of rotatable bonds is 6. The fourth-order valence-corrected chi connectivity index (χ4v) is 2.03. The minimum atomic E-state index is -0.202. The lowest BCUT2D eigenvalue weighted by atomic mass is 10.0. The predicted molar refractivity (Wildman–Crippen MR) is 85.6 cm³/mol. The number of amides is 2. The monoisotopic (exact) mass is 311 g/mol. The van der Waals surface area contributed by atoms with Gasteiger partial charge in [0, 0.05) is 25.7 Å². The third-order valence-corrected chi connectivity index (χ3v) is 3.49. The molecule has 0 bridgehead atoms. The normalized spacial score (nSPS) is 11.9. The number of carbonyl (C=O) groups is 2. The van der Waals surface area contributed by atoms with E-state index in [0.717, 1.165) is 12.8 Å². The summed E-state index contributed by atoms with van der Waals surface area (Å²) in [5, 5.41) is 3.17. The maximum Gasteiger partial charge on any atom is 0.254 e. The molecule has 0 fully saturated rings. The number of nitrogens with one attached hydrogen (secondary N) is 1. The molecule has 1 atom stereocenters. The quantitative estimate of drug-likeness (QED) is 0.846. The Morgan fingerprint density at radius 1 is 1.38 bits per heavy atom. The van der Waals surface area contributed by atoms with Crippen molar-refractivity contribution in [2.45, 2.75) is 19.8 Å². The first kappa shape index (κ1) is 17.5. The smallest absolute Gasteiger partial charge is 0.254 e. The molecule has 0 spiro atoms. The number of halogens is 1. The second kappa shape index (κ2) is 8.00. The van der Waals surface area contributed by atoms with Crippen LogP contribution in [0.3, 0.4) is 0 Å². The molecule has 0 aliphatic heterocycles. The van der Waals surface area contributed by atoms with Gasteiger partial charge in [-0.25, -0.2) is 0 Å².